The molecule has 3 rings (SSSR count). The van der Waals surface area contributed by atoms with Gasteiger partial charge in [0.1, 0.15) is 5.69 Å². The summed E-state index contributed by atoms with van der Waals surface area (Å²) in [6.45, 7) is 3.69. The Kier molecular flexibility index (Phi) is 5.16. The molecule has 126 valence electrons. The highest BCUT2D eigenvalue weighted by Gasteiger charge is 2.24. The molecule has 1 aliphatic rings. The topological polar surface area (TPSA) is 62.3 Å². The van der Waals surface area contributed by atoms with Crippen LogP contribution in [-0.4, -0.2) is 34.8 Å². The number of carbonyl (C=O) groups excluding carboxylic acids is 2. The number of hydrogen-bond donors (Lipinski definition) is 1. The van der Waals surface area contributed by atoms with Crippen molar-refractivity contribution in [1.29, 1.82) is 0 Å². The molecule has 2 heterocycles. The maximum atomic E-state index is 12.5. The van der Waals surface area contributed by atoms with Crippen LogP contribution in [0.3, 0.4) is 0 Å². The number of anilines is 1. The average molecular weight is 364 g/mol. The van der Waals surface area contributed by atoms with Crippen LogP contribution in [-0.2, 0) is 0 Å². The number of amides is 2. The first-order valence-corrected chi connectivity index (χ1v) is 9.10. The molecule has 0 radical (unpaired) electrons. The summed E-state index contributed by atoms with van der Waals surface area (Å²) in [4.78, 5) is 30.8. The fourth-order valence-electron chi connectivity index (χ4n) is 2.74. The van der Waals surface area contributed by atoms with Crippen molar-refractivity contribution in [1.82, 2.24) is 9.88 Å². The van der Waals surface area contributed by atoms with Crippen LogP contribution in [0.4, 0.5) is 5.13 Å². The lowest BCUT2D eigenvalue weighted by atomic mass is 10.0. The number of piperidine rings is 1. The lowest BCUT2D eigenvalue weighted by Crippen LogP contribution is -2.39. The molecule has 0 aliphatic carbocycles. The summed E-state index contributed by atoms with van der Waals surface area (Å²) in [6.07, 6.45) is 2.18. The number of rotatable bonds is 3. The summed E-state index contributed by atoms with van der Waals surface area (Å²) in [5.41, 5.74) is 0.882. The van der Waals surface area contributed by atoms with Crippen LogP contribution in [0, 0.1) is 5.92 Å². The Morgan fingerprint density at radius 1 is 1.33 bits per heavy atom. The summed E-state index contributed by atoms with van der Waals surface area (Å²) in [6, 6.07) is 6.61. The molecule has 5 nitrogen and oxygen atoms in total. The number of hydrogen-bond acceptors (Lipinski definition) is 4. The van der Waals surface area contributed by atoms with E-state index < -0.39 is 0 Å². The van der Waals surface area contributed by atoms with Gasteiger partial charge < -0.3 is 4.90 Å². The maximum absolute atomic E-state index is 12.5. The van der Waals surface area contributed by atoms with E-state index in [0.29, 0.717) is 27.3 Å². The number of aromatic nitrogens is 1. The van der Waals surface area contributed by atoms with Gasteiger partial charge >= 0.3 is 0 Å². The standard InChI is InChI=1S/C17H18ClN3O2S/c1-11-3-2-8-21(9-11)16(23)14-10-24-17(19-14)20-15(22)12-4-6-13(18)7-5-12/h4-7,10-11H,2-3,8-9H2,1H3,(H,19,20,22). The van der Waals surface area contributed by atoms with E-state index in [2.05, 4.69) is 17.2 Å². The highest BCUT2D eigenvalue weighted by atomic mass is 35.5. The SMILES string of the molecule is CC1CCCN(C(=O)c2csc(NC(=O)c3ccc(Cl)cc3)n2)C1. The van der Waals surface area contributed by atoms with Crippen LogP contribution < -0.4 is 5.32 Å². The van der Waals surface area contributed by atoms with Crippen LogP contribution in [0.2, 0.25) is 5.02 Å². The van der Waals surface area contributed by atoms with Crippen LogP contribution in [0.15, 0.2) is 29.6 Å². The molecule has 2 aromatic rings. The molecule has 1 aromatic carbocycles. The first-order valence-electron chi connectivity index (χ1n) is 7.84. The summed E-state index contributed by atoms with van der Waals surface area (Å²) < 4.78 is 0. The maximum Gasteiger partial charge on any atom is 0.273 e. The zero-order chi connectivity index (χ0) is 17.1. The Morgan fingerprint density at radius 2 is 2.08 bits per heavy atom. The van der Waals surface area contributed by atoms with Gasteiger partial charge in [-0.15, -0.1) is 11.3 Å². The molecule has 2 amide bonds. The van der Waals surface area contributed by atoms with E-state index in [9.17, 15) is 9.59 Å². The van der Waals surface area contributed by atoms with Gasteiger partial charge in [-0.2, -0.15) is 0 Å². The van der Waals surface area contributed by atoms with Gasteiger partial charge in [-0.05, 0) is 43.0 Å². The van der Waals surface area contributed by atoms with Gasteiger partial charge in [-0.25, -0.2) is 4.98 Å². The molecule has 7 heteroatoms. The van der Waals surface area contributed by atoms with Crippen LogP contribution in [0.25, 0.3) is 0 Å². The quantitative estimate of drug-likeness (QED) is 0.898. The summed E-state index contributed by atoms with van der Waals surface area (Å²) >= 11 is 7.07. The Bertz CT molecular complexity index is 745. The molecule has 1 fully saturated rings. The number of benzene rings is 1. The Labute approximate surface area is 149 Å². The van der Waals surface area contributed by atoms with Crippen molar-refractivity contribution in [3.05, 3.63) is 45.9 Å². The molecule has 1 saturated heterocycles. The lowest BCUT2D eigenvalue weighted by Gasteiger charge is -2.30. The molecule has 1 aromatic heterocycles. The van der Waals surface area contributed by atoms with Gasteiger partial charge in [-0.3, -0.25) is 14.9 Å². The van der Waals surface area contributed by atoms with E-state index in [4.69, 9.17) is 11.6 Å². The number of carbonyl (C=O) groups is 2. The number of halogens is 1. The van der Waals surface area contributed by atoms with E-state index in [0.717, 1.165) is 25.9 Å². The van der Waals surface area contributed by atoms with Gasteiger partial charge in [0.05, 0.1) is 0 Å². The first-order chi connectivity index (χ1) is 11.5. The van der Waals surface area contributed by atoms with Crippen molar-refractivity contribution < 1.29 is 9.59 Å². The second kappa shape index (κ2) is 7.32. The number of nitrogens with zero attached hydrogens (tertiary/aromatic N) is 2. The molecule has 24 heavy (non-hydrogen) atoms. The smallest absolute Gasteiger partial charge is 0.273 e. The van der Waals surface area contributed by atoms with Gasteiger partial charge in [-0.1, -0.05) is 18.5 Å². The van der Waals surface area contributed by atoms with Crippen molar-refractivity contribution in [3.8, 4) is 0 Å². The molecule has 1 atom stereocenters. The Morgan fingerprint density at radius 3 is 2.79 bits per heavy atom. The molecule has 1 unspecified atom stereocenters. The largest absolute Gasteiger partial charge is 0.337 e. The first kappa shape index (κ1) is 16.9. The molecule has 1 aliphatic heterocycles. The summed E-state index contributed by atoms with van der Waals surface area (Å²) in [5, 5.41) is 5.41. The summed E-state index contributed by atoms with van der Waals surface area (Å²) in [7, 11) is 0. The Hall–Kier alpha value is -1.92. The highest BCUT2D eigenvalue weighted by molar-refractivity contribution is 7.14. The zero-order valence-corrected chi connectivity index (χ0v) is 14.9. The van der Waals surface area contributed by atoms with E-state index >= 15 is 0 Å². The number of thiazole rings is 1. The van der Waals surface area contributed by atoms with Crippen molar-refractivity contribution in [2.75, 3.05) is 18.4 Å². The summed E-state index contributed by atoms with van der Waals surface area (Å²) in [5.74, 6) is 0.182. The molecule has 0 bridgehead atoms. The van der Waals surface area contributed by atoms with E-state index in [1.54, 1.807) is 29.6 Å². The second-order valence-corrected chi connectivity index (χ2v) is 7.29. The van der Waals surface area contributed by atoms with Gasteiger partial charge in [0.25, 0.3) is 11.8 Å². The molecule has 0 spiro atoms. The lowest BCUT2D eigenvalue weighted by molar-refractivity contribution is 0.0677. The van der Waals surface area contributed by atoms with Crippen LogP contribution >= 0.6 is 22.9 Å². The zero-order valence-electron chi connectivity index (χ0n) is 13.3. The minimum Gasteiger partial charge on any atom is -0.337 e. The fourth-order valence-corrected chi connectivity index (χ4v) is 3.54. The van der Waals surface area contributed by atoms with Gasteiger partial charge in [0.2, 0.25) is 0 Å². The molecule has 0 saturated carbocycles. The highest BCUT2D eigenvalue weighted by Crippen LogP contribution is 2.21. The average Bonchev–Trinajstić information content (AvgIpc) is 3.03. The minimum absolute atomic E-state index is 0.0650. The van der Waals surface area contributed by atoms with Gasteiger partial charge in [0, 0.05) is 29.1 Å². The fraction of sp³-hybridized carbons (Fsp3) is 0.353. The predicted octanol–water partition coefficient (Wildman–Crippen LogP) is 3.92. The normalized spacial score (nSPS) is 17.6. The van der Waals surface area contributed by atoms with E-state index in [1.165, 1.54) is 11.3 Å². The molecular weight excluding hydrogens is 346 g/mol. The van der Waals surface area contributed by atoms with Crippen molar-refractivity contribution in [2.45, 2.75) is 19.8 Å². The minimum atomic E-state index is -0.272. The van der Waals surface area contributed by atoms with Crippen molar-refractivity contribution >= 4 is 39.9 Å². The third kappa shape index (κ3) is 3.94. The van der Waals surface area contributed by atoms with Crippen LogP contribution in [0.5, 0.6) is 0 Å². The van der Waals surface area contributed by atoms with Gasteiger partial charge in [0.15, 0.2) is 5.13 Å². The number of nitrogens with one attached hydrogen (secondary N) is 1. The molecule has 1 N–H and O–H groups in total. The Balaban J connectivity index is 1.65. The van der Waals surface area contributed by atoms with E-state index in [1.807, 2.05) is 4.90 Å². The monoisotopic (exact) mass is 363 g/mol. The second-order valence-electron chi connectivity index (χ2n) is 6.00. The third-order valence-electron chi connectivity index (χ3n) is 3.99. The molecular formula is C17H18ClN3O2S. The number of likely N-dealkylation sites (tertiary alicyclic amines) is 1. The van der Waals surface area contributed by atoms with Crippen molar-refractivity contribution in [3.63, 3.8) is 0 Å². The third-order valence-corrected chi connectivity index (χ3v) is 5.00. The predicted molar refractivity (Wildman–Crippen MR) is 95.8 cm³/mol. The van der Waals surface area contributed by atoms with Crippen molar-refractivity contribution in [2.24, 2.45) is 5.92 Å². The van der Waals surface area contributed by atoms with E-state index in [-0.39, 0.29) is 11.8 Å². The van der Waals surface area contributed by atoms with Crippen LogP contribution in [0.1, 0.15) is 40.6 Å².